The van der Waals surface area contributed by atoms with Crippen LogP contribution >= 0.6 is 11.6 Å². The Morgan fingerprint density at radius 1 is 1.45 bits per heavy atom. The van der Waals surface area contributed by atoms with Gasteiger partial charge in [-0.05, 0) is 25.7 Å². The highest BCUT2D eigenvalue weighted by Gasteiger charge is 2.53. The van der Waals surface area contributed by atoms with Gasteiger partial charge in [0, 0.05) is 34.0 Å². The highest BCUT2D eigenvalue weighted by atomic mass is 35.5. The fraction of sp³-hybridized carbons (Fsp3) is 0.733. The molecule has 6 nitrogen and oxygen atoms in total. The minimum atomic E-state index is -0.258. The molecule has 7 heteroatoms. The van der Waals surface area contributed by atoms with Gasteiger partial charge in [0.15, 0.2) is 5.69 Å². The summed E-state index contributed by atoms with van der Waals surface area (Å²) in [7, 11) is 5.22. The van der Waals surface area contributed by atoms with Crippen molar-refractivity contribution in [3.8, 4) is 0 Å². The van der Waals surface area contributed by atoms with Crippen molar-refractivity contribution in [3.63, 3.8) is 0 Å². The zero-order valence-corrected chi connectivity index (χ0v) is 14.0. The van der Waals surface area contributed by atoms with Gasteiger partial charge in [0.2, 0.25) is 0 Å². The number of fused-ring (bicyclic) bond motifs is 1. The smallest absolute Gasteiger partial charge is 0.276 e. The normalized spacial score (nSPS) is 31.4. The summed E-state index contributed by atoms with van der Waals surface area (Å²) in [5.74, 6) is -0.119. The van der Waals surface area contributed by atoms with Gasteiger partial charge >= 0.3 is 0 Å². The van der Waals surface area contributed by atoms with Crippen LogP contribution in [0.4, 0.5) is 0 Å². The van der Waals surface area contributed by atoms with E-state index in [2.05, 4.69) is 5.10 Å². The third kappa shape index (κ3) is 2.43. The number of carbonyl (C=O) groups is 1. The van der Waals surface area contributed by atoms with Crippen molar-refractivity contribution < 1.29 is 14.3 Å². The average Bonchev–Trinajstić information content (AvgIpc) is 3.06. The van der Waals surface area contributed by atoms with Crippen LogP contribution in [0, 0.1) is 0 Å². The van der Waals surface area contributed by atoms with Gasteiger partial charge in [-0.3, -0.25) is 9.48 Å². The van der Waals surface area contributed by atoms with E-state index in [-0.39, 0.29) is 23.7 Å². The molecule has 3 rings (SSSR count). The number of aromatic nitrogens is 2. The van der Waals surface area contributed by atoms with Crippen molar-refractivity contribution in [1.82, 2.24) is 14.7 Å². The van der Waals surface area contributed by atoms with E-state index in [0.717, 1.165) is 25.7 Å². The molecule has 2 heterocycles. The first-order valence-corrected chi connectivity index (χ1v) is 7.96. The molecule has 2 aliphatic rings. The van der Waals surface area contributed by atoms with Crippen LogP contribution in [0.25, 0.3) is 0 Å². The number of hydrogen-bond donors (Lipinski definition) is 0. The number of halogens is 1. The number of ether oxygens (including phenoxy) is 2. The first-order chi connectivity index (χ1) is 10.5. The molecule has 0 bridgehead atoms. The molecule has 0 radical (unpaired) electrons. The van der Waals surface area contributed by atoms with Gasteiger partial charge in [-0.15, -0.1) is 0 Å². The summed E-state index contributed by atoms with van der Waals surface area (Å²) in [6.45, 7) is 0.667. The third-order valence-electron chi connectivity index (χ3n) is 5.12. The molecular weight excluding hydrogens is 306 g/mol. The molecule has 1 amide bonds. The van der Waals surface area contributed by atoms with E-state index in [1.54, 1.807) is 32.1 Å². The molecule has 22 heavy (non-hydrogen) atoms. The SMILES string of the molecule is CO[C@H]1CC[C@@]2(OC)CCN(C(=O)c3nn(C)cc3Cl)[C@H]2C1. The van der Waals surface area contributed by atoms with Crippen LogP contribution in [-0.4, -0.2) is 59.1 Å². The average molecular weight is 328 g/mol. The summed E-state index contributed by atoms with van der Waals surface area (Å²) in [5, 5.41) is 4.59. The second-order valence-corrected chi connectivity index (χ2v) is 6.57. The Labute approximate surface area is 135 Å². The fourth-order valence-corrected chi connectivity index (χ4v) is 4.12. The number of rotatable bonds is 3. The monoisotopic (exact) mass is 327 g/mol. The highest BCUT2D eigenvalue weighted by molar-refractivity contribution is 6.33. The fourth-order valence-electron chi connectivity index (χ4n) is 3.86. The third-order valence-corrected chi connectivity index (χ3v) is 5.40. The first-order valence-electron chi connectivity index (χ1n) is 7.59. The number of amides is 1. The summed E-state index contributed by atoms with van der Waals surface area (Å²) < 4.78 is 12.9. The number of methoxy groups -OCH3 is 2. The van der Waals surface area contributed by atoms with Gasteiger partial charge in [0.1, 0.15) is 0 Å². The molecule has 2 fully saturated rings. The maximum absolute atomic E-state index is 12.9. The molecule has 3 atom stereocenters. The van der Waals surface area contributed by atoms with E-state index in [1.807, 2.05) is 4.90 Å². The largest absolute Gasteiger partial charge is 0.381 e. The molecule has 1 saturated carbocycles. The van der Waals surface area contributed by atoms with Crippen LogP contribution in [0.3, 0.4) is 0 Å². The second-order valence-electron chi connectivity index (χ2n) is 6.16. The molecule has 122 valence electrons. The lowest BCUT2D eigenvalue weighted by Gasteiger charge is -2.43. The van der Waals surface area contributed by atoms with Crippen molar-refractivity contribution in [3.05, 3.63) is 16.9 Å². The van der Waals surface area contributed by atoms with Gasteiger partial charge in [0.05, 0.1) is 22.8 Å². The Bertz CT molecular complexity index is 576. The molecule has 1 aromatic rings. The van der Waals surface area contributed by atoms with E-state index < -0.39 is 0 Å². The summed E-state index contributed by atoms with van der Waals surface area (Å²) in [6.07, 6.45) is 5.33. The zero-order valence-electron chi connectivity index (χ0n) is 13.2. The Kier molecular flexibility index (Phi) is 4.18. The minimum absolute atomic E-state index is 0.0155. The number of hydrogen-bond acceptors (Lipinski definition) is 4. The van der Waals surface area contributed by atoms with E-state index in [0.29, 0.717) is 17.3 Å². The Hall–Kier alpha value is -1.11. The zero-order chi connectivity index (χ0) is 15.9. The number of likely N-dealkylation sites (tertiary alicyclic amines) is 1. The van der Waals surface area contributed by atoms with Crippen LogP contribution < -0.4 is 0 Å². The molecule has 0 spiro atoms. The van der Waals surface area contributed by atoms with E-state index in [4.69, 9.17) is 21.1 Å². The molecule has 0 N–H and O–H groups in total. The molecule has 1 aliphatic heterocycles. The minimum Gasteiger partial charge on any atom is -0.381 e. The van der Waals surface area contributed by atoms with Gasteiger partial charge in [-0.25, -0.2) is 0 Å². The lowest BCUT2D eigenvalue weighted by atomic mass is 9.79. The Morgan fingerprint density at radius 2 is 2.23 bits per heavy atom. The van der Waals surface area contributed by atoms with Gasteiger partial charge in [-0.1, -0.05) is 11.6 Å². The van der Waals surface area contributed by atoms with Crippen molar-refractivity contribution >= 4 is 17.5 Å². The summed E-state index contributed by atoms with van der Waals surface area (Å²) >= 11 is 6.13. The number of carbonyl (C=O) groups excluding carboxylic acids is 1. The second kappa shape index (κ2) is 5.83. The molecule has 1 saturated heterocycles. The maximum atomic E-state index is 12.9. The van der Waals surface area contributed by atoms with Gasteiger partial charge in [0.25, 0.3) is 5.91 Å². The number of aryl methyl sites for hydroxylation is 1. The Morgan fingerprint density at radius 3 is 2.82 bits per heavy atom. The van der Waals surface area contributed by atoms with E-state index in [1.165, 1.54) is 0 Å². The Balaban J connectivity index is 1.87. The van der Waals surface area contributed by atoms with Crippen molar-refractivity contribution in [2.45, 2.75) is 43.4 Å². The summed E-state index contributed by atoms with van der Waals surface area (Å²) in [5.41, 5.74) is 0.0574. The van der Waals surface area contributed by atoms with Crippen LogP contribution in [0.1, 0.15) is 36.2 Å². The highest BCUT2D eigenvalue weighted by Crippen LogP contribution is 2.43. The topological polar surface area (TPSA) is 56.6 Å². The lowest BCUT2D eigenvalue weighted by Crippen LogP contribution is -2.53. The van der Waals surface area contributed by atoms with E-state index in [9.17, 15) is 4.79 Å². The molecule has 0 unspecified atom stereocenters. The van der Waals surface area contributed by atoms with Crippen molar-refractivity contribution in [2.75, 3.05) is 20.8 Å². The number of nitrogens with zero attached hydrogens (tertiary/aromatic N) is 3. The van der Waals surface area contributed by atoms with Gasteiger partial charge in [-0.2, -0.15) is 5.10 Å². The van der Waals surface area contributed by atoms with E-state index >= 15 is 0 Å². The van der Waals surface area contributed by atoms with Crippen LogP contribution in [0.2, 0.25) is 5.02 Å². The quantitative estimate of drug-likeness (QED) is 0.850. The van der Waals surface area contributed by atoms with Gasteiger partial charge < -0.3 is 14.4 Å². The van der Waals surface area contributed by atoms with Crippen LogP contribution in [0.15, 0.2) is 6.20 Å². The first kappa shape index (κ1) is 15.8. The molecule has 0 aromatic carbocycles. The standard InChI is InChI=1S/C15H22ClN3O3/c1-18-9-11(16)13(17-18)14(20)19-7-6-15(22-3)5-4-10(21-2)8-12(15)19/h9-10,12H,4-8H2,1-3H3/t10-,12-,15+/m0/s1. The summed E-state index contributed by atoms with van der Waals surface area (Å²) in [6, 6.07) is 0.0155. The predicted molar refractivity (Wildman–Crippen MR) is 82.0 cm³/mol. The maximum Gasteiger partial charge on any atom is 0.276 e. The summed E-state index contributed by atoms with van der Waals surface area (Å²) in [4.78, 5) is 14.7. The van der Waals surface area contributed by atoms with Crippen LogP contribution in [0.5, 0.6) is 0 Å². The lowest BCUT2D eigenvalue weighted by molar-refractivity contribution is -0.0894. The van der Waals surface area contributed by atoms with Crippen molar-refractivity contribution in [2.24, 2.45) is 7.05 Å². The molecule has 1 aliphatic carbocycles. The molecular formula is C15H22ClN3O3. The molecule has 1 aromatic heterocycles. The van der Waals surface area contributed by atoms with Crippen LogP contribution in [-0.2, 0) is 16.5 Å². The predicted octanol–water partition coefficient (Wildman–Crippen LogP) is 1.87. The van der Waals surface area contributed by atoms with Crippen molar-refractivity contribution in [1.29, 1.82) is 0 Å².